The fourth-order valence-corrected chi connectivity index (χ4v) is 1.53. The van der Waals surface area contributed by atoms with Crippen molar-refractivity contribution in [2.75, 3.05) is 0 Å². The van der Waals surface area contributed by atoms with Gasteiger partial charge in [-0.3, -0.25) is 0 Å². The highest BCUT2D eigenvalue weighted by molar-refractivity contribution is 6.17. The number of aromatic nitrogens is 1. The maximum absolute atomic E-state index is 7.68. The molecule has 0 aliphatic heterocycles. The minimum absolute atomic E-state index is 0.466. The Morgan fingerprint density at radius 1 is 1.23 bits per heavy atom. The summed E-state index contributed by atoms with van der Waals surface area (Å²) >= 11 is 5.83. The van der Waals surface area contributed by atoms with Gasteiger partial charge in [0.25, 0.3) is 0 Å². The van der Waals surface area contributed by atoms with Crippen LogP contribution in [0.15, 0.2) is 48.8 Å². The zero-order chi connectivity index (χ0) is 9.97. The van der Waals surface area contributed by atoms with E-state index in [2.05, 4.69) is 0 Å². The Morgan fingerprint density at radius 3 is 2.77 bits per heavy atom. The van der Waals surface area contributed by atoms with Gasteiger partial charge in [-0.1, -0.05) is 18.2 Å². The van der Waals surface area contributed by atoms with Gasteiger partial charge in [0.05, 0.1) is 1.37 Å². The van der Waals surface area contributed by atoms with Crippen molar-refractivity contribution in [3.8, 4) is 5.69 Å². The van der Waals surface area contributed by atoms with Crippen LogP contribution in [0.25, 0.3) is 5.69 Å². The molecule has 2 rings (SSSR count). The van der Waals surface area contributed by atoms with Gasteiger partial charge in [-0.15, -0.1) is 11.6 Å². The molecule has 2 heteroatoms. The Hall–Kier alpha value is -1.21. The van der Waals surface area contributed by atoms with E-state index in [1.165, 1.54) is 0 Å². The van der Waals surface area contributed by atoms with Gasteiger partial charge in [-0.05, 0) is 23.8 Å². The summed E-state index contributed by atoms with van der Waals surface area (Å²) in [7, 11) is 0. The smallest absolute Gasteiger partial charge is 0.0822 e. The van der Waals surface area contributed by atoms with Crippen molar-refractivity contribution in [1.82, 2.24) is 4.57 Å². The first-order valence-electron chi connectivity index (χ1n) is 4.61. The fraction of sp³-hybridized carbons (Fsp3) is 0.0909. The molecular formula is C11H10ClN. The second kappa shape index (κ2) is 3.67. The number of hydrogen-bond donors (Lipinski definition) is 0. The predicted octanol–water partition coefficient (Wildman–Crippen LogP) is 3.22. The van der Waals surface area contributed by atoms with Crippen LogP contribution in [-0.2, 0) is 5.88 Å². The first kappa shape index (κ1) is 7.22. The largest absolute Gasteiger partial charge is 0.324 e. The van der Waals surface area contributed by atoms with Gasteiger partial charge in [-0.25, -0.2) is 0 Å². The molecule has 0 bridgehead atoms. The number of para-hydroxylation sites is 1. The Kier molecular flexibility index (Phi) is 2.04. The lowest BCUT2D eigenvalue weighted by molar-refractivity contribution is 1.05. The quantitative estimate of drug-likeness (QED) is 0.644. The van der Waals surface area contributed by atoms with Crippen LogP contribution in [0.3, 0.4) is 0 Å². The molecule has 0 atom stereocenters. The molecule has 1 heterocycles. The summed E-state index contributed by atoms with van der Waals surface area (Å²) in [4.78, 5) is 0. The third-order valence-electron chi connectivity index (χ3n) is 1.94. The summed E-state index contributed by atoms with van der Waals surface area (Å²) < 4.78 is 9.50. The van der Waals surface area contributed by atoms with E-state index in [0.717, 1.165) is 11.3 Å². The van der Waals surface area contributed by atoms with E-state index in [-0.39, 0.29) is 0 Å². The van der Waals surface area contributed by atoms with Gasteiger partial charge >= 0.3 is 0 Å². The highest BCUT2D eigenvalue weighted by atomic mass is 35.5. The van der Waals surface area contributed by atoms with Gasteiger partial charge in [0.1, 0.15) is 0 Å². The average molecular weight is 193 g/mol. The van der Waals surface area contributed by atoms with Crippen LogP contribution >= 0.6 is 11.6 Å². The summed E-state index contributed by atoms with van der Waals surface area (Å²) in [5.41, 5.74) is 2.02. The minimum atomic E-state index is 0.466. The number of halogens is 1. The van der Waals surface area contributed by atoms with Crippen LogP contribution in [0.4, 0.5) is 0 Å². The molecular weight excluding hydrogens is 182 g/mol. The normalized spacial score (nSPS) is 11.3. The van der Waals surface area contributed by atoms with E-state index >= 15 is 0 Å². The van der Waals surface area contributed by atoms with Crippen molar-refractivity contribution in [1.29, 1.82) is 0 Å². The summed E-state index contributed by atoms with van der Waals surface area (Å²) in [6.45, 7) is 0. The van der Waals surface area contributed by atoms with Crippen LogP contribution < -0.4 is 0 Å². The molecule has 1 aromatic heterocycles. The maximum Gasteiger partial charge on any atom is 0.0822 e. The monoisotopic (exact) mass is 192 g/mol. The first-order chi connectivity index (χ1) is 6.83. The standard InChI is InChI=1S/C11H10ClN/c12-9-10-5-1-2-6-11(10)13-7-3-4-8-13/h1-8H,9H2/i7D. The second-order valence-corrected chi connectivity index (χ2v) is 3.04. The third kappa shape index (κ3) is 1.61. The topological polar surface area (TPSA) is 4.93 Å². The van der Waals surface area contributed by atoms with Crippen LogP contribution in [0.1, 0.15) is 6.93 Å². The van der Waals surface area contributed by atoms with Crippen molar-refractivity contribution >= 4 is 11.6 Å². The predicted molar refractivity (Wildman–Crippen MR) is 55.3 cm³/mol. The molecule has 0 aliphatic rings. The molecule has 0 fully saturated rings. The second-order valence-electron chi connectivity index (χ2n) is 2.77. The van der Waals surface area contributed by atoms with E-state index in [4.69, 9.17) is 13.0 Å². The van der Waals surface area contributed by atoms with Crippen molar-refractivity contribution < 1.29 is 1.37 Å². The van der Waals surface area contributed by atoms with Crippen LogP contribution in [0.5, 0.6) is 0 Å². The molecule has 2 aromatic rings. The van der Waals surface area contributed by atoms with Gasteiger partial charge in [0, 0.05) is 23.9 Å². The van der Waals surface area contributed by atoms with Gasteiger partial charge in [-0.2, -0.15) is 0 Å². The maximum atomic E-state index is 7.68. The van der Waals surface area contributed by atoms with E-state index in [0.29, 0.717) is 12.1 Å². The fourth-order valence-electron chi connectivity index (χ4n) is 1.30. The highest BCUT2D eigenvalue weighted by Gasteiger charge is 2.00. The van der Waals surface area contributed by atoms with Crippen molar-refractivity contribution in [2.45, 2.75) is 5.88 Å². The highest BCUT2D eigenvalue weighted by Crippen LogP contribution is 2.16. The summed E-state index contributed by atoms with van der Waals surface area (Å²) in [6.07, 6.45) is 2.34. The lowest BCUT2D eigenvalue weighted by Gasteiger charge is -2.07. The summed E-state index contributed by atoms with van der Waals surface area (Å²) in [5, 5.41) is 0. The number of alkyl halides is 1. The Morgan fingerprint density at radius 2 is 2.08 bits per heavy atom. The van der Waals surface area contributed by atoms with Crippen LogP contribution in [0, 0.1) is 0 Å². The van der Waals surface area contributed by atoms with Gasteiger partial charge in [0.2, 0.25) is 0 Å². The summed E-state index contributed by atoms with van der Waals surface area (Å²) in [5.74, 6) is 0.466. The lowest BCUT2D eigenvalue weighted by atomic mass is 10.2. The molecule has 0 unspecified atom stereocenters. The number of rotatable bonds is 2. The first-order valence-corrected chi connectivity index (χ1v) is 4.64. The third-order valence-corrected chi connectivity index (χ3v) is 2.23. The van der Waals surface area contributed by atoms with E-state index in [1.807, 2.05) is 41.1 Å². The minimum Gasteiger partial charge on any atom is -0.324 e. The molecule has 1 aromatic carbocycles. The van der Waals surface area contributed by atoms with E-state index in [9.17, 15) is 0 Å². The zero-order valence-corrected chi connectivity index (χ0v) is 7.83. The number of nitrogens with zero attached hydrogens (tertiary/aromatic N) is 1. The van der Waals surface area contributed by atoms with Crippen LogP contribution in [0.2, 0.25) is 0 Å². The zero-order valence-electron chi connectivity index (χ0n) is 8.07. The number of hydrogen-bond acceptors (Lipinski definition) is 0. The molecule has 13 heavy (non-hydrogen) atoms. The molecule has 0 spiro atoms. The van der Waals surface area contributed by atoms with Crippen LogP contribution in [-0.4, -0.2) is 4.57 Å². The molecule has 0 saturated heterocycles. The molecule has 66 valence electrons. The Labute approximate surface area is 84.0 Å². The van der Waals surface area contributed by atoms with Crippen molar-refractivity contribution in [3.05, 3.63) is 54.3 Å². The molecule has 0 N–H and O–H groups in total. The Balaban J connectivity index is 2.56. The SMILES string of the molecule is [2H]c1cccn1-c1ccccc1CCl. The van der Waals surface area contributed by atoms with E-state index < -0.39 is 0 Å². The number of benzene rings is 1. The molecule has 0 radical (unpaired) electrons. The Bertz CT molecular complexity index is 436. The molecule has 0 saturated carbocycles. The lowest BCUT2D eigenvalue weighted by Crippen LogP contribution is -1.94. The molecule has 1 nitrogen and oxygen atoms in total. The average Bonchev–Trinajstić information content (AvgIpc) is 2.64. The van der Waals surface area contributed by atoms with Gasteiger partial charge < -0.3 is 4.57 Å². The van der Waals surface area contributed by atoms with Crippen molar-refractivity contribution in [3.63, 3.8) is 0 Å². The molecule has 0 amide bonds. The van der Waals surface area contributed by atoms with E-state index in [1.54, 1.807) is 6.07 Å². The van der Waals surface area contributed by atoms with Gasteiger partial charge in [0.15, 0.2) is 0 Å². The molecule has 0 aliphatic carbocycles. The van der Waals surface area contributed by atoms with Crippen molar-refractivity contribution in [2.24, 2.45) is 0 Å². The summed E-state index contributed by atoms with van der Waals surface area (Å²) in [6, 6.07) is 11.5.